The van der Waals surface area contributed by atoms with Gasteiger partial charge in [-0.25, -0.2) is 6.58 Å². The molecule has 2 aliphatic rings. The van der Waals surface area contributed by atoms with Crippen LogP contribution in [-0.2, 0) is 18.9 Å². The van der Waals surface area contributed by atoms with E-state index < -0.39 is 0 Å². The van der Waals surface area contributed by atoms with E-state index in [1.807, 2.05) is 30.3 Å². The molecule has 0 spiro atoms. The van der Waals surface area contributed by atoms with Gasteiger partial charge in [0.05, 0.1) is 12.7 Å². The predicted octanol–water partition coefficient (Wildman–Crippen LogP) is -0.272. The van der Waals surface area contributed by atoms with E-state index in [-0.39, 0.29) is 43.6 Å². The van der Waals surface area contributed by atoms with Crippen molar-refractivity contribution in [1.29, 1.82) is 0 Å². The first-order chi connectivity index (χ1) is 9.86. The number of hydrogen-bond acceptors (Lipinski definition) is 4. The zero-order chi connectivity index (χ0) is 13.8. The van der Waals surface area contributed by atoms with E-state index in [0.29, 0.717) is 6.61 Å². The molecule has 3 rings (SSSR count). The van der Waals surface area contributed by atoms with Gasteiger partial charge >= 0.3 is 18.9 Å². The van der Waals surface area contributed by atoms with Crippen molar-refractivity contribution in [2.45, 2.75) is 37.6 Å². The SMILES string of the molecule is C=C=[C-]O[C@@H]1CC[C@@H]2OC(c3ccccc3)OC[C@H]2O1.[Li+]. The Morgan fingerprint density at radius 3 is 2.71 bits per heavy atom. The molecule has 4 nitrogen and oxygen atoms in total. The Morgan fingerprint density at radius 2 is 1.95 bits per heavy atom. The van der Waals surface area contributed by atoms with E-state index in [9.17, 15) is 0 Å². The Kier molecular flexibility index (Phi) is 6.14. The normalized spacial score (nSPS) is 31.2. The largest absolute Gasteiger partial charge is 1.00 e. The quantitative estimate of drug-likeness (QED) is 0.330. The first-order valence-corrected chi connectivity index (χ1v) is 6.77. The third-order valence-electron chi connectivity index (χ3n) is 3.47. The average Bonchev–Trinajstić information content (AvgIpc) is 2.53. The van der Waals surface area contributed by atoms with Gasteiger partial charge in [0.1, 0.15) is 6.10 Å². The molecule has 5 heteroatoms. The van der Waals surface area contributed by atoms with Crippen LogP contribution in [0.1, 0.15) is 24.7 Å². The summed E-state index contributed by atoms with van der Waals surface area (Å²) in [6, 6.07) is 9.94. The average molecular weight is 280 g/mol. The molecule has 0 bridgehead atoms. The fraction of sp³-hybridized carbons (Fsp3) is 0.438. The summed E-state index contributed by atoms with van der Waals surface area (Å²) in [5.74, 6) is 0. The molecule has 0 aromatic heterocycles. The summed E-state index contributed by atoms with van der Waals surface area (Å²) in [4.78, 5) is 0. The molecular weight excluding hydrogens is 263 g/mol. The van der Waals surface area contributed by atoms with Crippen molar-refractivity contribution in [2.24, 2.45) is 0 Å². The zero-order valence-electron chi connectivity index (χ0n) is 12.2. The Bertz CT molecular complexity index is 486. The van der Waals surface area contributed by atoms with Crippen LogP contribution in [0.4, 0.5) is 0 Å². The molecule has 0 radical (unpaired) electrons. The van der Waals surface area contributed by atoms with Crippen molar-refractivity contribution in [3.8, 4) is 0 Å². The van der Waals surface area contributed by atoms with E-state index in [4.69, 9.17) is 18.9 Å². The van der Waals surface area contributed by atoms with Crippen LogP contribution in [0.25, 0.3) is 0 Å². The van der Waals surface area contributed by atoms with Gasteiger partial charge < -0.3 is 18.9 Å². The van der Waals surface area contributed by atoms with Gasteiger partial charge in [0, 0.05) is 12.0 Å². The summed E-state index contributed by atoms with van der Waals surface area (Å²) in [5.41, 5.74) is 3.49. The Balaban J connectivity index is 0.00000161. The van der Waals surface area contributed by atoms with Gasteiger partial charge in [0.2, 0.25) is 0 Å². The first-order valence-electron chi connectivity index (χ1n) is 6.77. The smallest absolute Gasteiger partial charge is 0.562 e. The van der Waals surface area contributed by atoms with Crippen LogP contribution in [0.5, 0.6) is 0 Å². The molecule has 2 heterocycles. The fourth-order valence-corrected chi connectivity index (χ4v) is 2.50. The van der Waals surface area contributed by atoms with Crippen LogP contribution in [0, 0.1) is 6.26 Å². The molecule has 1 aromatic carbocycles. The van der Waals surface area contributed by atoms with E-state index in [1.54, 1.807) is 0 Å². The van der Waals surface area contributed by atoms with Crippen LogP contribution < -0.4 is 18.9 Å². The summed E-state index contributed by atoms with van der Waals surface area (Å²) < 4.78 is 22.7. The number of rotatable bonds is 3. The molecule has 0 amide bonds. The second kappa shape index (κ2) is 7.86. The van der Waals surface area contributed by atoms with Crippen LogP contribution in [0.2, 0.25) is 0 Å². The minimum Gasteiger partial charge on any atom is -0.562 e. The maximum atomic E-state index is 5.98. The Hall–Kier alpha value is -0.983. The summed E-state index contributed by atoms with van der Waals surface area (Å²) in [6.45, 7) is 3.91. The zero-order valence-corrected chi connectivity index (χ0v) is 12.2. The van der Waals surface area contributed by atoms with E-state index in [0.717, 1.165) is 18.4 Å². The summed E-state index contributed by atoms with van der Waals surface area (Å²) in [6.07, 6.45) is 3.44. The van der Waals surface area contributed by atoms with Crippen molar-refractivity contribution < 1.29 is 37.8 Å². The van der Waals surface area contributed by atoms with Crippen molar-refractivity contribution in [1.82, 2.24) is 0 Å². The summed E-state index contributed by atoms with van der Waals surface area (Å²) >= 11 is 0. The summed E-state index contributed by atoms with van der Waals surface area (Å²) in [7, 11) is 0. The maximum Gasteiger partial charge on any atom is 1.00 e. The Morgan fingerprint density at radius 1 is 1.14 bits per heavy atom. The summed E-state index contributed by atoms with van der Waals surface area (Å²) in [5, 5.41) is 0. The molecule has 2 saturated heterocycles. The van der Waals surface area contributed by atoms with Crippen molar-refractivity contribution >= 4 is 0 Å². The first kappa shape index (κ1) is 16.4. The van der Waals surface area contributed by atoms with Crippen molar-refractivity contribution in [2.75, 3.05) is 6.61 Å². The van der Waals surface area contributed by atoms with E-state index in [1.165, 1.54) is 0 Å². The van der Waals surface area contributed by atoms with Crippen LogP contribution in [0.15, 0.2) is 42.6 Å². The third-order valence-corrected chi connectivity index (χ3v) is 3.47. The molecule has 21 heavy (non-hydrogen) atoms. The number of fused-ring (bicyclic) bond motifs is 1. The van der Waals surface area contributed by atoms with Gasteiger partial charge in [-0.3, -0.25) is 5.73 Å². The second-order valence-electron chi connectivity index (χ2n) is 4.83. The standard InChI is InChI=1S/C16H17O4.Li/c1-2-10-17-15-9-8-13-14(19-15)11-18-16(20-13)12-6-4-3-5-7-12;/h3-7,13-16H,1,8-9,11H2;/q-1;+1/t13-,14+,15-,16?;/m0./s1. The molecule has 2 fully saturated rings. The third kappa shape index (κ3) is 4.02. The predicted molar refractivity (Wildman–Crippen MR) is 71.4 cm³/mol. The number of hydrogen-bond donors (Lipinski definition) is 0. The topological polar surface area (TPSA) is 36.9 Å². The monoisotopic (exact) mass is 280 g/mol. The molecular formula is C16H17LiO4. The van der Waals surface area contributed by atoms with Gasteiger partial charge in [0.15, 0.2) is 12.6 Å². The minimum absolute atomic E-state index is 0. The van der Waals surface area contributed by atoms with Crippen LogP contribution >= 0.6 is 0 Å². The molecule has 1 aromatic rings. The van der Waals surface area contributed by atoms with Gasteiger partial charge in [-0.1, -0.05) is 30.3 Å². The van der Waals surface area contributed by atoms with Gasteiger partial charge in [-0.05, 0) is 12.7 Å². The maximum absolute atomic E-state index is 5.98. The minimum atomic E-state index is -0.314. The Labute approximate surface area is 136 Å². The molecule has 0 aliphatic carbocycles. The van der Waals surface area contributed by atoms with Crippen LogP contribution in [-0.4, -0.2) is 25.1 Å². The van der Waals surface area contributed by atoms with Crippen molar-refractivity contribution in [3.05, 3.63) is 54.5 Å². The van der Waals surface area contributed by atoms with Crippen molar-refractivity contribution in [3.63, 3.8) is 0 Å². The number of benzene rings is 1. The molecule has 0 saturated carbocycles. The van der Waals surface area contributed by atoms with Gasteiger partial charge in [0.25, 0.3) is 0 Å². The number of ether oxygens (including phenoxy) is 4. The molecule has 2 aliphatic heterocycles. The van der Waals surface area contributed by atoms with E-state index >= 15 is 0 Å². The van der Waals surface area contributed by atoms with E-state index in [2.05, 4.69) is 18.6 Å². The fourth-order valence-electron chi connectivity index (χ4n) is 2.50. The molecule has 106 valence electrons. The second-order valence-corrected chi connectivity index (χ2v) is 4.83. The molecule has 0 N–H and O–H groups in total. The van der Waals surface area contributed by atoms with Crippen LogP contribution in [0.3, 0.4) is 0 Å². The van der Waals surface area contributed by atoms with Gasteiger partial charge in [-0.2, -0.15) is 0 Å². The van der Waals surface area contributed by atoms with Gasteiger partial charge in [-0.15, -0.1) is 0 Å². The molecule has 1 unspecified atom stereocenters. The molecule has 4 atom stereocenters.